The van der Waals surface area contributed by atoms with E-state index in [1.807, 2.05) is 30.3 Å². The van der Waals surface area contributed by atoms with Crippen LogP contribution in [0.4, 0.5) is 5.69 Å². The van der Waals surface area contributed by atoms with Gasteiger partial charge in [0, 0.05) is 12.2 Å². The van der Waals surface area contributed by atoms with Gasteiger partial charge in [0.15, 0.2) is 0 Å². The molecule has 3 nitrogen and oxygen atoms in total. The SMILES string of the molecule is c1ccc(NCCOC2COC2)cc1. The van der Waals surface area contributed by atoms with Crippen LogP contribution in [0.2, 0.25) is 0 Å². The summed E-state index contributed by atoms with van der Waals surface area (Å²) in [5.41, 5.74) is 1.14. The van der Waals surface area contributed by atoms with E-state index in [2.05, 4.69) is 5.32 Å². The van der Waals surface area contributed by atoms with Crippen molar-refractivity contribution in [2.45, 2.75) is 6.10 Å². The molecular weight excluding hydrogens is 178 g/mol. The van der Waals surface area contributed by atoms with Crippen LogP contribution in [0.3, 0.4) is 0 Å². The molecule has 1 N–H and O–H groups in total. The van der Waals surface area contributed by atoms with Crippen molar-refractivity contribution >= 4 is 5.69 Å². The van der Waals surface area contributed by atoms with Gasteiger partial charge in [0.25, 0.3) is 0 Å². The predicted octanol–water partition coefficient (Wildman–Crippen LogP) is 1.51. The second-order valence-electron chi connectivity index (χ2n) is 3.32. The van der Waals surface area contributed by atoms with Gasteiger partial charge < -0.3 is 14.8 Å². The van der Waals surface area contributed by atoms with Gasteiger partial charge in [-0.15, -0.1) is 0 Å². The van der Waals surface area contributed by atoms with E-state index in [9.17, 15) is 0 Å². The van der Waals surface area contributed by atoms with E-state index in [1.54, 1.807) is 0 Å². The molecule has 0 atom stereocenters. The molecule has 0 radical (unpaired) electrons. The molecule has 1 aliphatic rings. The molecule has 1 heterocycles. The minimum atomic E-state index is 0.326. The molecule has 0 aromatic heterocycles. The van der Waals surface area contributed by atoms with E-state index in [0.29, 0.717) is 6.10 Å². The fraction of sp³-hybridized carbons (Fsp3) is 0.455. The first kappa shape index (κ1) is 9.49. The Bertz CT molecular complexity index is 259. The first-order valence-corrected chi connectivity index (χ1v) is 4.93. The molecule has 76 valence electrons. The van der Waals surface area contributed by atoms with Gasteiger partial charge >= 0.3 is 0 Å². The molecule has 0 spiro atoms. The fourth-order valence-corrected chi connectivity index (χ4v) is 1.29. The van der Waals surface area contributed by atoms with Crippen LogP contribution < -0.4 is 5.32 Å². The summed E-state index contributed by atoms with van der Waals surface area (Å²) < 4.78 is 10.5. The van der Waals surface area contributed by atoms with Crippen molar-refractivity contribution < 1.29 is 9.47 Å². The Balaban J connectivity index is 1.58. The van der Waals surface area contributed by atoms with Crippen molar-refractivity contribution in [3.63, 3.8) is 0 Å². The van der Waals surface area contributed by atoms with Gasteiger partial charge in [0.05, 0.1) is 19.8 Å². The summed E-state index contributed by atoms with van der Waals surface area (Å²) in [4.78, 5) is 0. The summed E-state index contributed by atoms with van der Waals surface area (Å²) in [7, 11) is 0. The van der Waals surface area contributed by atoms with Crippen LogP contribution in [-0.4, -0.2) is 32.5 Å². The number of nitrogens with one attached hydrogen (secondary N) is 1. The molecule has 14 heavy (non-hydrogen) atoms. The quantitative estimate of drug-likeness (QED) is 0.719. The maximum Gasteiger partial charge on any atom is 0.104 e. The first-order valence-electron chi connectivity index (χ1n) is 4.93. The van der Waals surface area contributed by atoms with E-state index in [4.69, 9.17) is 9.47 Å². The molecule has 3 heteroatoms. The second kappa shape index (κ2) is 4.98. The Kier molecular flexibility index (Phi) is 3.38. The number of hydrogen-bond acceptors (Lipinski definition) is 3. The summed E-state index contributed by atoms with van der Waals surface area (Å²) in [6, 6.07) is 10.1. The lowest BCUT2D eigenvalue weighted by molar-refractivity contribution is -0.127. The summed E-state index contributed by atoms with van der Waals surface area (Å²) in [6.45, 7) is 3.10. The normalized spacial score (nSPS) is 16.3. The zero-order chi connectivity index (χ0) is 9.64. The number of para-hydroxylation sites is 1. The highest BCUT2D eigenvalue weighted by Crippen LogP contribution is 2.06. The van der Waals surface area contributed by atoms with Crippen molar-refractivity contribution in [2.24, 2.45) is 0 Å². The number of benzene rings is 1. The Hall–Kier alpha value is -1.06. The van der Waals surface area contributed by atoms with Crippen LogP contribution in [0.25, 0.3) is 0 Å². The smallest absolute Gasteiger partial charge is 0.104 e. The lowest BCUT2D eigenvalue weighted by atomic mass is 10.3. The lowest BCUT2D eigenvalue weighted by Crippen LogP contribution is -2.37. The van der Waals surface area contributed by atoms with Crippen LogP contribution >= 0.6 is 0 Å². The summed E-state index contributed by atoms with van der Waals surface area (Å²) in [5, 5.41) is 3.28. The molecule has 1 aromatic rings. The molecule has 1 saturated heterocycles. The van der Waals surface area contributed by atoms with E-state index in [1.165, 1.54) is 0 Å². The monoisotopic (exact) mass is 193 g/mol. The van der Waals surface area contributed by atoms with Gasteiger partial charge in [-0.3, -0.25) is 0 Å². The number of ether oxygens (including phenoxy) is 2. The standard InChI is InChI=1S/C11H15NO2/c1-2-4-10(5-3-1)12-6-7-14-11-8-13-9-11/h1-5,11-12H,6-9H2. The van der Waals surface area contributed by atoms with E-state index in [-0.39, 0.29) is 0 Å². The Morgan fingerprint density at radius 1 is 1.29 bits per heavy atom. The van der Waals surface area contributed by atoms with Gasteiger partial charge in [-0.25, -0.2) is 0 Å². The number of hydrogen-bond donors (Lipinski definition) is 1. The molecule has 0 aliphatic carbocycles. The highest BCUT2D eigenvalue weighted by atomic mass is 16.6. The van der Waals surface area contributed by atoms with Crippen molar-refractivity contribution in [1.82, 2.24) is 0 Å². The lowest BCUT2D eigenvalue weighted by Gasteiger charge is -2.26. The molecule has 0 bridgehead atoms. The van der Waals surface area contributed by atoms with Gasteiger partial charge in [0.2, 0.25) is 0 Å². The molecule has 0 saturated carbocycles. The number of rotatable bonds is 5. The van der Waals surface area contributed by atoms with Crippen LogP contribution in [0.15, 0.2) is 30.3 Å². The third-order valence-electron chi connectivity index (χ3n) is 2.17. The maximum atomic E-state index is 5.51. The molecule has 1 aromatic carbocycles. The highest BCUT2D eigenvalue weighted by molar-refractivity contribution is 5.42. The first-order chi connectivity index (χ1) is 6.95. The van der Waals surface area contributed by atoms with Crippen molar-refractivity contribution in [1.29, 1.82) is 0 Å². The summed E-state index contributed by atoms with van der Waals surface area (Å²) in [6.07, 6.45) is 0.326. The van der Waals surface area contributed by atoms with Crippen LogP contribution in [0.1, 0.15) is 0 Å². The summed E-state index contributed by atoms with van der Waals surface area (Å²) in [5.74, 6) is 0. The Morgan fingerprint density at radius 2 is 2.07 bits per heavy atom. The molecule has 0 amide bonds. The van der Waals surface area contributed by atoms with Crippen molar-refractivity contribution in [3.8, 4) is 0 Å². The van der Waals surface area contributed by atoms with Crippen molar-refractivity contribution in [3.05, 3.63) is 30.3 Å². The van der Waals surface area contributed by atoms with Crippen molar-refractivity contribution in [2.75, 3.05) is 31.7 Å². The topological polar surface area (TPSA) is 30.5 Å². The maximum absolute atomic E-state index is 5.51. The highest BCUT2D eigenvalue weighted by Gasteiger charge is 2.17. The van der Waals surface area contributed by atoms with E-state index < -0.39 is 0 Å². The Morgan fingerprint density at radius 3 is 2.71 bits per heavy atom. The van der Waals surface area contributed by atoms with Gasteiger partial charge in [0.1, 0.15) is 6.10 Å². The third kappa shape index (κ3) is 2.72. The molecular formula is C11H15NO2. The minimum absolute atomic E-state index is 0.326. The molecule has 1 aliphatic heterocycles. The summed E-state index contributed by atoms with van der Waals surface area (Å²) >= 11 is 0. The molecule has 2 rings (SSSR count). The molecule has 0 unspecified atom stereocenters. The van der Waals surface area contributed by atoms with Gasteiger partial charge in [-0.1, -0.05) is 18.2 Å². The third-order valence-corrected chi connectivity index (χ3v) is 2.17. The van der Waals surface area contributed by atoms with Crippen LogP contribution in [-0.2, 0) is 9.47 Å². The van der Waals surface area contributed by atoms with Gasteiger partial charge in [-0.05, 0) is 12.1 Å². The zero-order valence-electron chi connectivity index (χ0n) is 8.11. The minimum Gasteiger partial charge on any atom is -0.383 e. The second-order valence-corrected chi connectivity index (χ2v) is 3.32. The predicted molar refractivity (Wildman–Crippen MR) is 55.5 cm³/mol. The average molecular weight is 193 g/mol. The average Bonchev–Trinajstić information content (AvgIpc) is 2.16. The van der Waals surface area contributed by atoms with E-state index >= 15 is 0 Å². The zero-order valence-corrected chi connectivity index (χ0v) is 8.11. The van der Waals surface area contributed by atoms with Gasteiger partial charge in [-0.2, -0.15) is 0 Å². The molecule has 1 fully saturated rings. The fourth-order valence-electron chi connectivity index (χ4n) is 1.29. The largest absolute Gasteiger partial charge is 0.383 e. The Labute approximate surface area is 84.0 Å². The number of anilines is 1. The van der Waals surface area contributed by atoms with Crippen LogP contribution in [0.5, 0.6) is 0 Å². The van der Waals surface area contributed by atoms with Crippen LogP contribution in [0, 0.1) is 0 Å². The van der Waals surface area contributed by atoms with E-state index in [0.717, 1.165) is 32.1 Å².